The van der Waals surface area contributed by atoms with Crippen LogP contribution in [0.1, 0.15) is 33.1 Å². The molecule has 5 nitrogen and oxygen atoms in total. The fraction of sp³-hybridized carbons (Fsp3) is 0.833. The highest BCUT2D eigenvalue weighted by Gasteiger charge is 2.41. The zero-order valence-corrected chi connectivity index (χ0v) is 10.3. The maximum absolute atomic E-state index is 11.7. The predicted molar refractivity (Wildman–Crippen MR) is 62.3 cm³/mol. The van der Waals surface area contributed by atoms with Crippen molar-refractivity contribution >= 4 is 11.9 Å². The zero-order valence-electron chi connectivity index (χ0n) is 10.3. The summed E-state index contributed by atoms with van der Waals surface area (Å²) in [6.07, 6.45) is 1.51. The Morgan fingerprint density at radius 2 is 1.88 bits per heavy atom. The summed E-state index contributed by atoms with van der Waals surface area (Å²) in [7, 11) is 0. The van der Waals surface area contributed by atoms with Gasteiger partial charge in [-0.15, -0.1) is 0 Å². The van der Waals surface area contributed by atoms with Crippen molar-refractivity contribution in [3.05, 3.63) is 0 Å². The number of carbonyl (C=O) groups excluding carboxylic acids is 1. The first-order valence-electron chi connectivity index (χ1n) is 6.10. The summed E-state index contributed by atoms with van der Waals surface area (Å²) in [5.74, 6) is -1.73. The summed E-state index contributed by atoms with van der Waals surface area (Å²) < 4.78 is 0. The van der Waals surface area contributed by atoms with Crippen LogP contribution in [-0.2, 0) is 9.59 Å². The van der Waals surface area contributed by atoms with Gasteiger partial charge in [0, 0.05) is 6.54 Å². The monoisotopic (exact) mass is 243 g/mol. The molecule has 1 fully saturated rings. The number of carboxylic acid groups (broad SMARTS) is 1. The van der Waals surface area contributed by atoms with E-state index in [1.165, 1.54) is 0 Å². The van der Waals surface area contributed by atoms with Gasteiger partial charge in [0.2, 0.25) is 5.91 Å². The Bertz CT molecular complexity index is 290. The Morgan fingerprint density at radius 1 is 1.29 bits per heavy atom. The molecule has 0 aliphatic heterocycles. The van der Waals surface area contributed by atoms with Gasteiger partial charge in [0.1, 0.15) is 0 Å². The molecule has 0 aromatic carbocycles. The van der Waals surface area contributed by atoms with E-state index in [9.17, 15) is 14.7 Å². The molecule has 0 aromatic heterocycles. The largest absolute Gasteiger partial charge is 0.481 e. The molecule has 17 heavy (non-hydrogen) atoms. The topological polar surface area (TPSA) is 86.6 Å². The van der Waals surface area contributed by atoms with Crippen LogP contribution in [0.25, 0.3) is 0 Å². The second kappa shape index (κ2) is 6.00. The molecule has 0 bridgehead atoms. The van der Waals surface area contributed by atoms with Crippen LogP contribution in [0.2, 0.25) is 0 Å². The summed E-state index contributed by atoms with van der Waals surface area (Å²) in [5.41, 5.74) is 0. The number of aliphatic hydroxyl groups is 1. The molecule has 1 amide bonds. The van der Waals surface area contributed by atoms with Gasteiger partial charge in [0.05, 0.1) is 17.9 Å². The molecule has 98 valence electrons. The van der Waals surface area contributed by atoms with Crippen LogP contribution < -0.4 is 5.32 Å². The molecule has 1 rings (SSSR count). The first kappa shape index (κ1) is 14.0. The van der Waals surface area contributed by atoms with Crippen molar-refractivity contribution in [2.24, 2.45) is 17.8 Å². The fourth-order valence-electron chi connectivity index (χ4n) is 2.18. The lowest BCUT2D eigenvalue weighted by molar-refractivity contribution is -0.152. The Kier molecular flexibility index (Phi) is 4.93. The summed E-state index contributed by atoms with van der Waals surface area (Å²) in [5, 5.41) is 20.8. The molecule has 1 aliphatic rings. The molecule has 3 N–H and O–H groups in total. The summed E-state index contributed by atoms with van der Waals surface area (Å²) in [4.78, 5) is 22.5. The average Bonchev–Trinajstić information content (AvgIpc) is 2.10. The van der Waals surface area contributed by atoms with Crippen molar-refractivity contribution < 1.29 is 19.8 Å². The van der Waals surface area contributed by atoms with Crippen LogP contribution in [-0.4, -0.2) is 34.7 Å². The third-order valence-electron chi connectivity index (χ3n) is 3.30. The first-order valence-corrected chi connectivity index (χ1v) is 6.10. The third-order valence-corrected chi connectivity index (χ3v) is 3.30. The number of hydrogen-bond donors (Lipinski definition) is 3. The Balaban J connectivity index is 2.28. The molecule has 4 unspecified atom stereocenters. The Hall–Kier alpha value is -1.10. The molecule has 1 aliphatic carbocycles. The van der Waals surface area contributed by atoms with Gasteiger partial charge in [0.15, 0.2) is 0 Å². The molecule has 0 saturated heterocycles. The van der Waals surface area contributed by atoms with Crippen LogP contribution >= 0.6 is 0 Å². The van der Waals surface area contributed by atoms with E-state index >= 15 is 0 Å². The van der Waals surface area contributed by atoms with E-state index in [1.807, 2.05) is 6.92 Å². The van der Waals surface area contributed by atoms with E-state index in [4.69, 9.17) is 5.11 Å². The lowest BCUT2D eigenvalue weighted by Crippen LogP contribution is -2.45. The lowest BCUT2D eigenvalue weighted by atomic mass is 9.73. The zero-order chi connectivity index (χ0) is 13.0. The number of amides is 1. The molecule has 5 heteroatoms. The highest BCUT2D eigenvalue weighted by Crippen LogP contribution is 2.34. The predicted octanol–water partition coefficient (Wildman–Crippen LogP) is 0.620. The molecule has 0 radical (unpaired) electrons. The van der Waals surface area contributed by atoms with E-state index in [1.54, 1.807) is 6.92 Å². The Morgan fingerprint density at radius 3 is 2.29 bits per heavy atom. The average molecular weight is 243 g/mol. The smallest absolute Gasteiger partial charge is 0.307 e. The van der Waals surface area contributed by atoms with Gasteiger partial charge in [-0.25, -0.2) is 0 Å². The van der Waals surface area contributed by atoms with Crippen LogP contribution in [0.5, 0.6) is 0 Å². The van der Waals surface area contributed by atoms with Crippen LogP contribution in [0, 0.1) is 17.8 Å². The van der Waals surface area contributed by atoms with Gasteiger partial charge in [0.25, 0.3) is 0 Å². The third kappa shape index (κ3) is 4.00. The van der Waals surface area contributed by atoms with Crippen molar-refractivity contribution in [2.45, 2.75) is 39.2 Å². The highest BCUT2D eigenvalue weighted by atomic mass is 16.4. The second-order valence-electron chi connectivity index (χ2n) is 5.06. The first-order chi connectivity index (χ1) is 7.91. The van der Waals surface area contributed by atoms with Crippen LogP contribution in [0.15, 0.2) is 0 Å². The molecule has 0 aromatic rings. The van der Waals surface area contributed by atoms with Crippen molar-refractivity contribution in [3.8, 4) is 0 Å². The normalized spacial score (nSPS) is 26.8. The van der Waals surface area contributed by atoms with Crippen molar-refractivity contribution in [1.82, 2.24) is 5.32 Å². The number of aliphatic hydroxyl groups excluding tert-OH is 1. The second-order valence-corrected chi connectivity index (χ2v) is 5.06. The van der Waals surface area contributed by atoms with Crippen molar-refractivity contribution in [1.29, 1.82) is 0 Å². The molecule has 0 spiro atoms. The van der Waals surface area contributed by atoms with Gasteiger partial charge < -0.3 is 15.5 Å². The summed E-state index contributed by atoms with van der Waals surface area (Å²) >= 11 is 0. The maximum Gasteiger partial charge on any atom is 0.307 e. The minimum Gasteiger partial charge on any atom is -0.481 e. The number of aliphatic carboxylic acids is 1. The van der Waals surface area contributed by atoms with Crippen molar-refractivity contribution in [3.63, 3.8) is 0 Å². The number of carbonyl (C=O) groups is 2. The van der Waals surface area contributed by atoms with E-state index in [2.05, 4.69) is 5.32 Å². The lowest BCUT2D eigenvalue weighted by Gasteiger charge is -2.32. The number of carboxylic acids is 1. The summed E-state index contributed by atoms with van der Waals surface area (Å²) in [6.45, 7) is 4.15. The minimum absolute atomic E-state index is 0.166. The SMILES string of the molecule is CC(O)CC(C)CNC(=O)C1CCC1C(=O)O. The number of rotatable bonds is 6. The highest BCUT2D eigenvalue weighted by molar-refractivity contribution is 5.86. The standard InChI is InChI=1S/C12H21NO4/c1-7(5-8(2)14)6-13-11(15)9-3-4-10(9)12(16)17/h7-10,14H,3-6H2,1-2H3,(H,13,15)(H,16,17). The van der Waals surface area contributed by atoms with E-state index in [0.29, 0.717) is 25.8 Å². The van der Waals surface area contributed by atoms with E-state index in [0.717, 1.165) is 0 Å². The molecular formula is C12H21NO4. The van der Waals surface area contributed by atoms with E-state index < -0.39 is 11.9 Å². The molecular weight excluding hydrogens is 222 g/mol. The quantitative estimate of drug-likeness (QED) is 0.638. The molecule has 1 saturated carbocycles. The fourth-order valence-corrected chi connectivity index (χ4v) is 2.18. The summed E-state index contributed by atoms with van der Waals surface area (Å²) in [6, 6.07) is 0. The van der Waals surface area contributed by atoms with Crippen molar-refractivity contribution in [2.75, 3.05) is 6.54 Å². The van der Waals surface area contributed by atoms with Gasteiger partial charge >= 0.3 is 5.97 Å². The van der Waals surface area contributed by atoms with Gasteiger partial charge in [-0.2, -0.15) is 0 Å². The van der Waals surface area contributed by atoms with Gasteiger partial charge in [-0.05, 0) is 32.1 Å². The molecule has 4 atom stereocenters. The van der Waals surface area contributed by atoms with E-state index in [-0.39, 0.29) is 23.8 Å². The van der Waals surface area contributed by atoms with Gasteiger partial charge in [-0.3, -0.25) is 9.59 Å². The van der Waals surface area contributed by atoms with Crippen LogP contribution in [0.3, 0.4) is 0 Å². The maximum atomic E-state index is 11.7. The minimum atomic E-state index is -0.881. The number of nitrogens with one attached hydrogen (secondary N) is 1. The molecule has 0 heterocycles. The van der Waals surface area contributed by atoms with Crippen LogP contribution in [0.4, 0.5) is 0 Å². The number of hydrogen-bond acceptors (Lipinski definition) is 3. The Labute approximate surface area is 101 Å². The van der Waals surface area contributed by atoms with Gasteiger partial charge in [-0.1, -0.05) is 6.92 Å².